The van der Waals surface area contributed by atoms with Crippen molar-refractivity contribution in [2.75, 3.05) is 18.6 Å². The number of benzene rings is 2. The number of nitrogens with one attached hydrogen (secondary N) is 3. The number of hydrogen-bond acceptors (Lipinski definition) is 4. The number of rotatable bonds is 4. The second-order valence-electron chi connectivity index (χ2n) is 6.79. The van der Waals surface area contributed by atoms with E-state index in [9.17, 15) is 14.4 Å². The second kappa shape index (κ2) is 7.67. The molecule has 1 aliphatic heterocycles. The van der Waals surface area contributed by atoms with Crippen molar-refractivity contribution in [3.8, 4) is 5.75 Å². The van der Waals surface area contributed by atoms with Crippen molar-refractivity contribution >= 4 is 34.3 Å². The third-order valence-electron chi connectivity index (χ3n) is 5.01. The summed E-state index contributed by atoms with van der Waals surface area (Å²) in [6.07, 6.45) is 1.68. The van der Waals surface area contributed by atoms with Crippen molar-refractivity contribution in [2.24, 2.45) is 5.92 Å². The van der Waals surface area contributed by atoms with Crippen molar-refractivity contribution in [1.82, 2.24) is 15.8 Å². The molecule has 4 rings (SSSR count). The molecule has 1 fully saturated rings. The molecule has 0 spiro atoms. The molecular formula is C21H20N4O4. The Balaban J connectivity index is 1.37. The summed E-state index contributed by atoms with van der Waals surface area (Å²) in [6, 6.07) is 14.5. The highest BCUT2D eigenvalue weighted by Gasteiger charge is 2.35. The first kappa shape index (κ1) is 18.5. The van der Waals surface area contributed by atoms with Gasteiger partial charge in [0.15, 0.2) is 0 Å². The number of hydrazine groups is 1. The Kier molecular flexibility index (Phi) is 4.90. The Hall–Kier alpha value is -3.81. The zero-order chi connectivity index (χ0) is 20.4. The van der Waals surface area contributed by atoms with E-state index < -0.39 is 17.7 Å². The molecule has 8 heteroatoms. The van der Waals surface area contributed by atoms with Crippen LogP contribution in [0.1, 0.15) is 16.8 Å². The molecule has 2 aromatic carbocycles. The summed E-state index contributed by atoms with van der Waals surface area (Å²) in [5, 5.41) is 0.765. The number of fused-ring (bicyclic) bond motifs is 1. The van der Waals surface area contributed by atoms with E-state index in [0.717, 1.165) is 10.9 Å². The molecule has 1 saturated heterocycles. The Morgan fingerprint density at radius 1 is 1.10 bits per heavy atom. The van der Waals surface area contributed by atoms with Gasteiger partial charge in [-0.25, -0.2) is 0 Å². The summed E-state index contributed by atoms with van der Waals surface area (Å²) in [7, 11) is 1.57. The van der Waals surface area contributed by atoms with Gasteiger partial charge in [0.1, 0.15) is 5.75 Å². The normalized spacial score (nSPS) is 16.1. The summed E-state index contributed by atoms with van der Waals surface area (Å²) in [5.74, 6) is -0.824. The Labute approximate surface area is 166 Å². The van der Waals surface area contributed by atoms with E-state index in [4.69, 9.17) is 4.74 Å². The molecule has 0 saturated carbocycles. The van der Waals surface area contributed by atoms with Crippen molar-refractivity contribution in [3.05, 3.63) is 60.3 Å². The van der Waals surface area contributed by atoms with Gasteiger partial charge in [-0.1, -0.05) is 18.2 Å². The van der Waals surface area contributed by atoms with Gasteiger partial charge >= 0.3 is 0 Å². The van der Waals surface area contributed by atoms with E-state index in [0.29, 0.717) is 17.0 Å². The van der Waals surface area contributed by atoms with Crippen molar-refractivity contribution in [2.45, 2.75) is 6.42 Å². The third kappa shape index (κ3) is 3.64. The summed E-state index contributed by atoms with van der Waals surface area (Å²) in [5.41, 5.74) is 6.84. The van der Waals surface area contributed by atoms with Crippen molar-refractivity contribution < 1.29 is 19.1 Å². The van der Waals surface area contributed by atoms with Crippen LogP contribution in [-0.2, 0) is 9.59 Å². The summed E-state index contributed by atoms with van der Waals surface area (Å²) in [4.78, 5) is 41.8. The van der Waals surface area contributed by atoms with Gasteiger partial charge in [-0.15, -0.1) is 0 Å². The molecule has 0 aliphatic carbocycles. The van der Waals surface area contributed by atoms with Crippen LogP contribution in [0.4, 0.5) is 5.69 Å². The summed E-state index contributed by atoms with van der Waals surface area (Å²) < 4.78 is 5.12. The van der Waals surface area contributed by atoms with Gasteiger partial charge in [0.2, 0.25) is 11.8 Å². The fraction of sp³-hybridized carbons (Fsp3) is 0.190. The van der Waals surface area contributed by atoms with Gasteiger partial charge in [-0.2, -0.15) is 0 Å². The molecule has 148 valence electrons. The first-order chi connectivity index (χ1) is 14.1. The highest BCUT2D eigenvalue weighted by molar-refractivity contribution is 6.07. The molecule has 1 aromatic heterocycles. The van der Waals surface area contributed by atoms with Crippen LogP contribution in [0.15, 0.2) is 54.7 Å². The average molecular weight is 392 g/mol. The maximum absolute atomic E-state index is 12.5. The minimum absolute atomic E-state index is 0.0841. The first-order valence-corrected chi connectivity index (χ1v) is 9.17. The average Bonchev–Trinajstić information content (AvgIpc) is 3.35. The fourth-order valence-electron chi connectivity index (χ4n) is 3.44. The topological polar surface area (TPSA) is 104 Å². The van der Waals surface area contributed by atoms with Crippen LogP contribution in [0.25, 0.3) is 10.9 Å². The molecule has 3 aromatic rings. The Bertz CT molecular complexity index is 1070. The molecule has 29 heavy (non-hydrogen) atoms. The van der Waals surface area contributed by atoms with E-state index in [2.05, 4.69) is 15.8 Å². The van der Waals surface area contributed by atoms with E-state index in [1.165, 1.54) is 0 Å². The minimum Gasteiger partial charge on any atom is -0.497 e. The van der Waals surface area contributed by atoms with Gasteiger partial charge in [0.05, 0.1) is 18.6 Å². The monoisotopic (exact) mass is 392 g/mol. The molecule has 0 unspecified atom stereocenters. The lowest BCUT2D eigenvalue weighted by Gasteiger charge is -2.17. The summed E-state index contributed by atoms with van der Waals surface area (Å²) >= 11 is 0. The lowest BCUT2D eigenvalue weighted by atomic mass is 10.1. The number of methoxy groups -OCH3 is 1. The second-order valence-corrected chi connectivity index (χ2v) is 6.79. The number of carbonyl (C=O) groups excluding carboxylic acids is 3. The molecule has 3 N–H and O–H groups in total. The number of nitrogens with zero attached hydrogens (tertiary/aromatic N) is 1. The number of aromatic amines is 1. The van der Waals surface area contributed by atoms with Gasteiger partial charge in [0, 0.05) is 35.8 Å². The predicted molar refractivity (Wildman–Crippen MR) is 107 cm³/mol. The van der Waals surface area contributed by atoms with E-state index in [1.807, 2.05) is 24.3 Å². The number of ether oxygens (including phenoxy) is 1. The lowest BCUT2D eigenvalue weighted by molar-refractivity contribution is -0.126. The molecule has 1 atom stereocenters. The predicted octanol–water partition coefficient (Wildman–Crippen LogP) is 1.99. The number of para-hydroxylation sites is 1. The van der Waals surface area contributed by atoms with Gasteiger partial charge in [-0.3, -0.25) is 25.2 Å². The molecule has 0 radical (unpaired) electrons. The van der Waals surface area contributed by atoms with Crippen LogP contribution in [0, 0.1) is 5.92 Å². The molecule has 2 heterocycles. The van der Waals surface area contributed by atoms with Gasteiger partial charge in [0.25, 0.3) is 5.91 Å². The zero-order valence-electron chi connectivity index (χ0n) is 15.8. The Morgan fingerprint density at radius 3 is 2.62 bits per heavy atom. The van der Waals surface area contributed by atoms with E-state index in [-0.39, 0.29) is 18.9 Å². The highest BCUT2D eigenvalue weighted by Crippen LogP contribution is 2.27. The highest BCUT2D eigenvalue weighted by atomic mass is 16.5. The van der Waals surface area contributed by atoms with Crippen LogP contribution < -0.4 is 20.5 Å². The molecular weight excluding hydrogens is 372 g/mol. The van der Waals surface area contributed by atoms with Crippen LogP contribution in [-0.4, -0.2) is 36.4 Å². The SMILES string of the molecule is COc1ccc(N2C[C@H](C(=O)NNC(=O)c3c[nH]c4ccccc34)CC2=O)cc1. The van der Waals surface area contributed by atoms with Crippen molar-refractivity contribution in [1.29, 1.82) is 0 Å². The molecule has 0 bridgehead atoms. The van der Waals surface area contributed by atoms with Crippen LogP contribution in [0.3, 0.4) is 0 Å². The molecule has 1 aliphatic rings. The van der Waals surface area contributed by atoms with Gasteiger partial charge < -0.3 is 14.6 Å². The summed E-state index contributed by atoms with van der Waals surface area (Å²) in [6.45, 7) is 0.250. The maximum atomic E-state index is 12.5. The van der Waals surface area contributed by atoms with Gasteiger partial charge in [-0.05, 0) is 30.3 Å². The minimum atomic E-state index is -0.548. The number of carbonyl (C=O) groups is 3. The largest absolute Gasteiger partial charge is 0.497 e. The van der Waals surface area contributed by atoms with E-state index >= 15 is 0 Å². The zero-order valence-corrected chi connectivity index (χ0v) is 15.8. The fourth-order valence-corrected chi connectivity index (χ4v) is 3.44. The lowest BCUT2D eigenvalue weighted by Crippen LogP contribution is -2.45. The van der Waals surface area contributed by atoms with Crippen molar-refractivity contribution in [3.63, 3.8) is 0 Å². The molecule has 3 amide bonds. The number of hydrogen-bond donors (Lipinski definition) is 3. The van der Waals surface area contributed by atoms with Crippen LogP contribution >= 0.6 is 0 Å². The van der Waals surface area contributed by atoms with Crippen LogP contribution in [0.2, 0.25) is 0 Å². The molecule has 8 nitrogen and oxygen atoms in total. The van der Waals surface area contributed by atoms with E-state index in [1.54, 1.807) is 42.5 Å². The number of amides is 3. The number of aromatic nitrogens is 1. The maximum Gasteiger partial charge on any atom is 0.271 e. The van der Waals surface area contributed by atoms with Crippen LogP contribution in [0.5, 0.6) is 5.75 Å². The smallest absolute Gasteiger partial charge is 0.271 e. The number of H-pyrrole nitrogens is 1. The Morgan fingerprint density at radius 2 is 1.86 bits per heavy atom. The number of anilines is 1. The standard InChI is InChI=1S/C21H20N4O4/c1-29-15-8-6-14(7-9-15)25-12-13(10-19(25)26)20(27)23-24-21(28)17-11-22-18-5-3-2-4-16(17)18/h2-9,11,13,22H,10,12H2,1H3,(H,23,27)(H,24,28)/t13-/m1/s1. The third-order valence-corrected chi connectivity index (χ3v) is 5.01. The first-order valence-electron chi connectivity index (χ1n) is 9.17. The quantitative estimate of drug-likeness (QED) is 0.591.